The zero-order chi connectivity index (χ0) is 14.3. The summed E-state index contributed by atoms with van der Waals surface area (Å²) >= 11 is 0. The molecule has 0 atom stereocenters. The third-order valence-corrected chi connectivity index (χ3v) is 2.22. The fourth-order valence-corrected chi connectivity index (χ4v) is 1.23. The molecule has 0 aliphatic carbocycles. The van der Waals surface area contributed by atoms with E-state index in [1.54, 1.807) is 0 Å². The lowest BCUT2D eigenvalue weighted by Crippen LogP contribution is -2.42. The molecule has 0 bridgehead atoms. The summed E-state index contributed by atoms with van der Waals surface area (Å²) in [7, 11) is 0. The van der Waals surface area contributed by atoms with Crippen molar-refractivity contribution in [1.29, 1.82) is 0 Å². The van der Waals surface area contributed by atoms with Gasteiger partial charge in [0.15, 0.2) is 6.61 Å². The molecule has 8 nitrogen and oxygen atoms in total. The molecule has 3 N–H and O–H groups in total. The first-order valence-corrected chi connectivity index (χ1v) is 5.45. The van der Waals surface area contributed by atoms with Crippen LogP contribution in [0, 0.1) is 10.1 Å². The Bertz CT molecular complexity index is 429. The predicted octanol–water partition coefficient (Wildman–Crippen LogP) is -0.557. The van der Waals surface area contributed by atoms with E-state index in [1.165, 1.54) is 24.3 Å². The maximum Gasteiger partial charge on any atom is 0.269 e. The Labute approximate surface area is 108 Å². The second-order valence-corrected chi connectivity index (χ2v) is 3.67. The number of nitrogens with zero attached hydrogens (tertiary/aromatic N) is 1. The third kappa shape index (κ3) is 4.90. The molecule has 0 spiro atoms. The topological polar surface area (TPSA) is 122 Å². The van der Waals surface area contributed by atoms with Crippen LogP contribution in [0.2, 0.25) is 0 Å². The molecule has 0 saturated heterocycles. The van der Waals surface area contributed by atoms with Gasteiger partial charge in [-0.1, -0.05) is 0 Å². The number of ether oxygens (including phenoxy) is 1. The van der Waals surface area contributed by atoms with E-state index in [4.69, 9.17) is 14.9 Å². The van der Waals surface area contributed by atoms with Gasteiger partial charge in [0.05, 0.1) is 24.2 Å². The number of rotatable bonds is 7. The Kier molecular flexibility index (Phi) is 5.71. The molecule has 0 heterocycles. The summed E-state index contributed by atoms with van der Waals surface area (Å²) in [6, 6.07) is 4.55. The first-order chi connectivity index (χ1) is 9.06. The molecule has 0 saturated carbocycles. The average molecular weight is 270 g/mol. The molecule has 0 radical (unpaired) electrons. The minimum Gasteiger partial charge on any atom is -0.484 e. The number of carbonyl (C=O) groups is 1. The second kappa shape index (κ2) is 7.29. The molecule has 1 aromatic rings. The molecule has 104 valence electrons. The monoisotopic (exact) mass is 270 g/mol. The fraction of sp³-hybridized carbons (Fsp3) is 0.364. The largest absolute Gasteiger partial charge is 0.484 e. The number of nitro groups is 1. The number of nitrogens with one attached hydrogen (secondary N) is 1. The van der Waals surface area contributed by atoms with Gasteiger partial charge in [-0.15, -0.1) is 0 Å². The van der Waals surface area contributed by atoms with Crippen molar-refractivity contribution >= 4 is 11.6 Å². The molecular weight excluding hydrogens is 256 g/mol. The van der Waals surface area contributed by atoms with E-state index in [0.717, 1.165) is 0 Å². The summed E-state index contributed by atoms with van der Waals surface area (Å²) in [6.45, 7) is -1.06. The standard InChI is InChI=1S/C11H14N2O6/c14-5-8(6-15)12-11(16)7-19-10-3-1-9(2-4-10)13(17)18/h1-4,8,14-15H,5-7H2,(H,12,16). The summed E-state index contributed by atoms with van der Waals surface area (Å²) in [5.41, 5.74) is -0.0718. The molecular formula is C11H14N2O6. The van der Waals surface area contributed by atoms with Gasteiger partial charge in [-0.05, 0) is 12.1 Å². The van der Waals surface area contributed by atoms with Crippen molar-refractivity contribution < 1.29 is 24.7 Å². The molecule has 1 amide bonds. The molecule has 0 aromatic heterocycles. The number of aliphatic hydroxyl groups excluding tert-OH is 2. The van der Waals surface area contributed by atoms with Crippen molar-refractivity contribution in [3.63, 3.8) is 0 Å². The van der Waals surface area contributed by atoms with Crippen LogP contribution in [0.5, 0.6) is 5.75 Å². The Morgan fingerprint density at radius 1 is 1.32 bits per heavy atom. The van der Waals surface area contributed by atoms with Gasteiger partial charge in [0.2, 0.25) is 0 Å². The highest BCUT2D eigenvalue weighted by atomic mass is 16.6. The van der Waals surface area contributed by atoms with Crippen LogP contribution >= 0.6 is 0 Å². The molecule has 1 rings (SSSR count). The zero-order valence-corrected chi connectivity index (χ0v) is 9.98. The van der Waals surface area contributed by atoms with Crippen LogP contribution in [0.15, 0.2) is 24.3 Å². The average Bonchev–Trinajstić information content (AvgIpc) is 2.43. The van der Waals surface area contributed by atoms with Gasteiger partial charge in [-0.3, -0.25) is 14.9 Å². The predicted molar refractivity (Wildman–Crippen MR) is 64.7 cm³/mol. The lowest BCUT2D eigenvalue weighted by Gasteiger charge is -2.13. The van der Waals surface area contributed by atoms with Crippen LogP contribution in [-0.2, 0) is 4.79 Å². The Balaban J connectivity index is 2.43. The van der Waals surface area contributed by atoms with E-state index in [0.29, 0.717) is 5.75 Å². The third-order valence-electron chi connectivity index (χ3n) is 2.22. The van der Waals surface area contributed by atoms with E-state index in [9.17, 15) is 14.9 Å². The smallest absolute Gasteiger partial charge is 0.269 e. The highest BCUT2D eigenvalue weighted by Gasteiger charge is 2.11. The first kappa shape index (κ1) is 14.9. The van der Waals surface area contributed by atoms with Gasteiger partial charge in [0.1, 0.15) is 5.75 Å². The van der Waals surface area contributed by atoms with Gasteiger partial charge in [0, 0.05) is 12.1 Å². The van der Waals surface area contributed by atoms with E-state index >= 15 is 0 Å². The van der Waals surface area contributed by atoms with Crippen LogP contribution < -0.4 is 10.1 Å². The fourth-order valence-electron chi connectivity index (χ4n) is 1.23. The van der Waals surface area contributed by atoms with Crippen molar-refractivity contribution in [2.24, 2.45) is 0 Å². The number of nitro benzene ring substituents is 1. The van der Waals surface area contributed by atoms with Gasteiger partial charge < -0.3 is 20.3 Å². The normalized spacial score (nSPS) is 10.3. The zero-order valence-electron chi connectivity index (χ0n) is 9.98. The Morgan fingerprint density at radius 3 is 2.37 bits per heavy atom. The van der Waals surface area contributed by atoms with E-state index < -0.39 is 16.9 Å². The highest BCUT2D eigenvalue weighted by Crippen LogP contribution is 2.16. The lowest BCUT2D eigenvalue weighted by atomic mass is 10.3. The molecule has 8 heteroatoms. The second-order valence-electron chi connectivity index (χ2n) is 3.67. The SMILES string of the molecule is O=C(COc1ccc([N+](=O)[O-])cc1)NC(CO)CO. The van der Waals surface area contributed by atoms with E-state index in [1.807, 2.05) is 0 Å². The van der Waals surface area contributed by atoms with Crippen molar-refractivity contribution in [3.05, 3.63) is 34.4 Å². The Morgan fingerprint density at radius 2 is 1.89 bits per heavy atom. The number of hydrogen-bond donors (Lipinski definition) is 3. The van der Waals surface area contributed by atoms with Crippen LogP contribution in [-0.4, -0.2) is 46.9 Å². The first-order valence-electron chi connectivity index (χ1n) is 5.45. The number of benzene rings is 1. The molecule has 0 fully saturated rings. The van der Waals surface area contributed by atoms with Crippen molar-refractivity contribution in [1.82, 2.24) is 5.32 Å². The van der Waals surface area contributed by atoms with Crippen molar-refractivity contribution in [2.45, 2.75) is 6.04 Å². The molecule has 0 unspecified atom stereocenters. The number of aliphatic hydroxyl groups is 2. The maximum absolute atomic E-state index is 11.4. The highest BCUT2D eigenvalue weighted by molar-refractivity contribution is 5.77. The molecule has 0 aliphatic rings. The Hall–Kier alpha value is -2.19. The minimum atomic E-state index is -0.729. The molecule has 0 aliphatic heterocycles. The lowest BCUT2D eigenvalue weighted by molar-refractivity contribution is -0.384. The summed E-state index contributed by atoms with van der Waals surface area (Å²) in [6.07, 6.45) is 0. The van der Waals surface area contributed by atoms with Crippen LogP contribution in [0.4, 0.5) is 5.69 Å². The minimum absolute atomic E-state index is 0.0718. The van der Waals surface area contributed by atoms with Crippen molar-refractivity contribution in [2.75, 3.05) is 19.8 Å². The molecule has 19 heavy (non-hydrogen) atoms. The summed E-state index contributed by atoms with van der Waals surface area (Å²) in [4.78, 5) is 21.2. The van der Waals surface area contributed by atoms with E-state index in [-0.39, 0.29) is 25.5 Å². The number of non-ortho nitro benzene ring substituents is 1. The van der Waals surface area contributed by atoms with Crippen LogP contribution in [0.1, 0.15) is 0 Å². The number of carbonyl (C=O) groups excluding carboxylic acids is 1. The van der Waals surface area contributed by atoms with Gasteiger partial charge >= 0.3 is 0 Å². The molecule has 1 aromatic carbocycles. The summed E-state index contributed by atoms with van der Waals surface area (Å²) in [5.74, 6) is -0.197. The number of hydrogen-bond acceptors (Lipinski definition) is 6. The van der Waals surface area contributed by atoms with Gasteiger partial charge in [0.25, 0.3) is 11.6 Å². The van der Waals surface area contributed by atoms with E-state index in [2.05, 4.69) is 5.32 Å². The van der Waals surface area contributed by atoms with Gasteiger partial charge in [-0.2, -0.15) is 0 Å². The van der Waals surface area contributed by atoms with Gasteiger partial charge in [-0.25, -0.2) is 0 Å². The number of amides is 1. The summed E-state index contributed by atoms with van der Waals surface area (Å²) < 4.78 is 5.09. The maximum atomic E-state index is 11.4. The quantitative estimate of drug-likeness (QED) is 0.451. The summed E-state index contributed by atoms with van der Waals surface area (Å²) in [5, 5.41) is 30.3. The van der Waals surface area contributed by atoms with Crippen molar-refractivity contribution in [3.8, 4) is 5.75 Å². The van der Waals surface area contributed by atoms with Crippen LogP contribution in [0.3, 0.4) is 0 Å². The van der Waals surface area contributed by atoms with Crippen LogP contribution in [0.25, 0.3) is 0 Å².